The first-order valence-electron chi connectivity index (χ1n) is 10.9. The van der Waals surface area contributed by atoms with E-state index in [-0.39, 0.29) is 0 Å². The van der Waals surface area contributed by atoms with Gasteiger partial charge in [-0.25, -0.2) is 15.0 Å². The molecule has 0 atom stereocenters. The van der Waals surface area contributed by atoms with Crippen LogP contribution in [-0.4, -0.2) is 22.0 Å². The number of pyridine rings is 3. The van der Waals surface area contributed by atoms with E-state index in [1.54, 1.807) is 12.4 Å². The van der Waals surface area contributed by atoms with Crippen LogP contribution >= 0.6 is 11.6 Å². The number of halogens is 1. The Hall–Kier alpha value is -4.16. The number of fused-ring (bicyclic) bond motifs is 1. The highest BCUT2D eigenvalue weighted by atomic mass is 35.5. The lowest BCUT2D eigenvalue weighted by atomic mass is 10.0. The molecule has 168 valence electrons. The van der Waals surface area contributed by atoms with Gasteiger partial charge in [0.15, 0.2) is 0 Å². The van der Waals surface area contributed by atoms with E-state index in [4.69, 9.17) is 11.6 Å². The van der Waals surface area contributed by atoms with E-state index < -0.39 is 0 Å². The number of rotatable bonds is 6. The minimum Gasteiger partial charge on any atom is -0.373 e. The Morgan fingerprint density at radius 3 is 2.35 bits per heavy atom. The molecular formula is C27H23ClN6. The first-order valence-corrected chi connectivity index (χ1v) is 11.3. The van der Waals surface area contributed by atoms with Crippen molar-refractivity contribution < 1.29 is 0 Å². The van der Waals surface area contributed by atoms with Crippen LogP contribution in [0.15, 0.2) is 85.3 Å². The van der Waals surface area contributed by atoms with E-state index in [2.05, 4.69) is 56.0 Å². The van der Waals surface area contributed by atoms with Gasteiger partial charge < -0.3 is 16.0 Å². The van der Waals surface area contributed by atoms with Crippen LogP contribution in [0.4, 0.5) is 28.8 Å². The average molecular weight is 467 g/mol. The lowest BCUT2D eigenvalue weighted by Crippen LogP contribution is -2.01. The van der Waals surface area contributed by atoms with Gasteiger partial charge in [0.1, 0.15) is 17.5 Å². The van der Waals surface area contributed by atoms with Crippen molar-refractivity contribution in [2.45, 2.75) is 6.92 Å². The molecule has 0 spiro atoms. The molecule has 5 rings (SSSR count). The number of nitrogens with zero attached hydrogens (tertiary/aromatic N) is 3. The van der Waals surface area contributed by atoms with Gasteiger partial charge in [0, 0.05) is 52.7 Å². The van der Waals surface area contributed by atoms with E-state index in [9.17, 15) is 0 Å². The number of hydrogen-bond donors (Lipinski definition) is 3. The highest BCUT2D eigenvalue weighted by Gasteiger charge is 2.13. The summed E-state index contributed by atoms with van der Waals surface area (Å²) < 4.78 is 0. The summed E-state index contributed by atoms with van der Waals surface area (Å²) in [5.74, 6) is 2.35. The number of aryl methyl sites for hydroxylation is 1. The maximum absolute atomic E-state index is 6.03. The molecule has 5 aromatic rings. The predicted octanol–water partition coefficient (Wildman–Crippen LogP) is 7.18. The van der Waals surface area contributed by atoms with E-state index in [1.807, 2.05) is 61.8 Å². The third-order valence-corrected chi connectivity index (χ3v) is 5.89. The van der Waals surface area contributed by atoms with Crippen molar-refractivity contribution in [3.8, 4) is 11.1 Å². The molecule has 34 heavy (non-hydrogen) atoms. The maximum atomic E-state index is 6.03. The Morgan fingerprint density at radius 2 is 1.53 bits per heavy atom. The molecule has 3 aromatic heterocycles. The van der Waals surface area contributed by atoms with Crippen LogP contribution in [0.5, 0.6) is 0 Å². The van der Waals surface area contributed by atoms with Gasteiger partial charge in [0.05, 0.1) is 5.69 Å². The van der Waals surface area contributed by atoms with Crippen molar-refractivity contribution in [2.24, 2.45) is 0 Å². The normalized spacial score (nSPS) is 10.8. The molecule has 0 radical (unpaired) electrons. The summed E-state index contributed by atoms with van der Waals surface area (Å²) in [4.78, 5) is 13.6. The SMILES string of the molecule is CNc1cc(-c2cccnc2Nc2c(C)ccc3c(Nc4ccc(Cl)cc4)nccc23)ccn1. The minimum atomic E-state index is 0.695. The van der Waals surface area contributed by atoms with Gasteiger partial charge in [-0.05, 0) is 72.6 Å². The maximum Gasteiger partial charge on any atom is 0.138 e. The lowest BCUT2D eigenvalue weighted by molar-refractivity contribution is 1.27. The second kappa shape index (κ2) is 9.37. The van der Waals surface area contributed by atoms with Gasteiger partial charge in [-0.15, -0.1) is 0 Å². The fourth-order valence-electron chi connectivity index (χ4n) is 3.89. The minimum absolute atomic E-state index is 0.695. The molecule has 3 N–H and O–H groups in total. The lowest BCUT2D eigenvalue weighted by Gasteiger charge is -2.17. The van der Waals surface area contributed by atoms with Gasteiger partial charge in [0.2, 0.25) is 0 Å². The summed E-state index contributed by atoms with van der Waals surface area (Å²) in [5.41, 5.74) is 5.04. The summed E-state index contributed by atoms with van der Waals surface area (Å²) in [7, 11) is 1.86. The number of anilines is 5. The molecule has 0 aliphatic heterocycles. The summed E-state index contributed by atoms with van der Waals surface area (Å²) >= 11 is 6.03. The third kappa shape index (κ3) is 4.36. The van der Waals surface area contributed by atoms with Crippen LogP contribution in [0, 0.1) is 6.92 Å². The second-order valence-electron chi connectivity index (χ2n) is 7.85. The van der Waals surface area contributed by atoms with Crippen LogP contribution in [0.3, 0.4) is 0 Å². The molecule has 0 amide bonds. The zero-order chi connectivity index (χ0) is 23.5. The van der Waals surface area contributed by atoms with Crippen molar-refractivity contribution in [1.82, 2.24) is 15.0 Å². The second-order valence-corrected chi connectivity index (χ2v) is 8.28. The molecule has 0 saturated heterocycles. The fraction of sp³-hybridized carbons (Fsp3) is 0.0741. The molecule has 3 heterocycles. The highest BCUT2D eigenvalue weighted by molar-refractivity contribution is 6.30. The van der Waals surface area contributed by atoms with Gasteiger partial charge >= 0.3 is 0 Å². The highest BCUT2D eigenvalue weighted by Crippen LogP contribution is 2.36. The van der Waals surface area contributed by atoms with Gasteiger partial charge in [0.25, 0.3) is 0 Å². The van der Waals surface area contributed by atoms with E-state index >= 15 is 0 Å². The van der Waals surface area contributed by atoms with Crippen molar-refractivity contribution in [3.05, 3.63) is 95.9 Å². The molecule has 0 saturated carbocycles. The molecule has 2 aromatic carbocycles. The van der Waals surface area contributed by atoms with Crippen molar-refractivity contribution >= 4 is 51.2 Å². The Kier molecular flexibility index (Phi) is 5.97. The number of benzene rings is 2. The number of aromatic nitrogens is 3. The molecular weight excluding hydrogens is 444 g/mol. The Balaban J connectivity index is 1.56. The van der Waals surface area contributed by atoms with Crippen molar-refractivity contribution in [1.29, 1.82) is 0 Å². The van der Waals surface area contributed by atoms with Gasteiger partial charge in [-0.1, -0.05) is 23.7 Å². The Bertz CT molecular complexity index is 1470. The zero-order valence-corrected chi connectivity index (χ0v) is 19.6. The largest absolute Gasteiger partial charge is 0.373 e. The summed E-state index contributed by atoms with van der Waals surface area (Å²) in [6.45, 7) is 2.09. The van der Waals surface area contributed by atoms with Crippen LogP contribution in [0.1, 0.15) is 5.56 Å². The summed E-state index contributed by atoms with van der Waals surface area (Å²) in [5, 5.41) is 12.8. The monoisotopic (exact) mass is 466 g/mol. The number of hydrogen-bond acceptors (Lipinski definition) is 6. The molecule has 0 unspecified atom stereocenters. The zero-order valence-electron chi connectivity index (χ0n) is 18.8. The quantitative estimate of drug-likeness (QED) is 0.246. The molecule has 0 fully saturated rings. The number of nitrogens with one attached hydrogen (secondary N) is 3. The molecule has 0 aliphatic carbocycles. The average Bonchev–Trinajstić information content (AvgIpc) is 2.87. The first-order chi connectivity index (χ1) is 16.6. The van der Waals surface area contributed by atoms with Crippen LogP contribution in [0.2, 0.25) is 5.02 Å². The van der Waals surface area contributed by atoms with Crippen molar-refractivity contribution in [2.75, 3.05) is 23.0 Å². The van der Waals surface area contributed by atoms with Crippen LogP contribution in [-0.2, 0) is 0 Å². The van der Waals surface area contributed by atoms with Crippen LogP contribution in [0.25, 0.3) is 21.9 Å². The molecule has 7 heteroatoms. The Labute approximate surface area is 203 Å². The molecule has 6 nitrogen and oxygen atoms in total. The molecule has 0 bridgehead atoms. The predicted molar refractivity (Wildman–Crippen MR) is 142 cm³/mol. The van der Waals surface area contributed by atoms with Gasteiger partial charge in [-0.3, -0.25) is 0 Å². The van der Waals surface area contributed by atoms with Gasteiger partial charge in [-0.2, -0.15) is 0 Å². The van der Waals surface area contributed by atoms with E-state index in [1.165, 1.54) is 0 Å². The third-order valence-electron chi connectivity index (χ3n) is 5.64. The molecule has 0 aliphatic rings. The van der Waals surface area contributed by atoms with E-state index in [0.29, 0.717) is 5.02 Å². The smallest absolute Gasteiger partial charge is 0.138 e. The fourth-order valence-corrected chi connectivity index (χ4v) is 4.02. The van der Waals surface area contributed by atoms with Crippen LogP contribution < -0.4 is 16.0 Å². The topological polar surface area (TPSA) is 74.8 Å². The van der Waals surface area contributed by atoms with Crippen molar-refractivity contribution in [3.63, 3.8) is 0 Å². The summed E-state index contributed by atoms with van der Waals surface area (Å²) in [6, 6.07) is 21.8. The Morgan fingerprint density at radius 1 is 0.735 bits per heavy atom. The first kappa shape index (κ1) is 21.7. The van der Waals surface area contributed by atoms with E-state index in [0.717, 1.165) is 56.3 Å². The standard InChI is InChI=1S/C27H23ClN6/c1-17-5-10-23-22(12-15-32-27(23)33-20-8-6-19(28)7-9-20)25(17)34-26-21(4-3-13-31-26)18-11-14-30-24(16-18)29-2/h3-16H,1-2H3,(H,29,30)(H,31,34)(H,32,33). The summed E-state index contributed by atoms with van der Waals surface area (Å²) in [6.07, 6.45) is 5.40.